The van der Waals surface area contributed by atoms with Crippen LogP contribution in [-0.4, -0.2) is 37.2 Å². The number of allylic oxidation sites excluding steroid dienone is 24. The monoisotopic (exact) mass is 1100 g/mol. The third-order valence-electron chi connectivity index (χ3n) is 13.6. The number of hydrogen-bond donors (Lipinski definition) is 0. The molecule has 0 saturated carbocycles. The number of hydrogen-bond acceptors (Lipinski definition) is 6. The van der Waals surface area contributed by atoms with Crippen molar-refractivity contribution in [1.82, 2.24) is 0 Å². The second kappa shape index (κ2) is 66.8. The molecular formula is C74H120O6. The van der Waals surface area contributed by atoms with Crippen molar-refractivity contribution >= 4 is 17.9 Å². The van der Waals surface area contributed by atoms with Gasteiger partial charge in [0.1, 0.15) is 13.2 Å². The largest absolute Gasteiger partial charge is 0.462 e. The van der Waals surface area contributed by atoms with Crippen molar-refractivity contribution in [2.24, 2.45) is 0 Å². The van der Waals surface area contributed by atoms with Gasteiger partial charge in [0.15, 0.2) is 6.10 Å². The van der Waals surface area contributed by atoms with Crippen LogP contribution in [0.15, 0.2) is 146 Å². The normalized spacial score (nSPS) is 13.1. The second-order valence-corrected chi connectivity index (χ2v) is 21.3. The lowest BCUT2D eigenvalue weighted by Gasteiger charge is -2.18. The molecule has 0 spiro atoms. The molecule has 0 saturated heterocycles. The number of carbonyl (C=O) groups excluding carboxylic acids is 3. The number of ether oxygens (including phenoxy) is 3. The van der Waals surface area contributed by atoms with E-state index in [-0.39, 0.29) is 31.1 Å². The highest BCUT2D eigenvalue weighted by molar-refractivity contribution is 5.71. The molecule has 80 heavy (non-hydrogen) atoms. The van der Waals surface area contributed by atoms with Crippen LogP contribution in [0.3, 0.4) is 0 Å². The van der Waals surface area contributed by atoms with Crippen LogP contribution in [0.1, 0.15) is 284 Å². The average Bonchev–Trinajstić information content (AvgIpc) is 3.46. The predicted octanol–water partition coefficient (Wildman–Crippen LogP) is 22.7. The summed E-state index contributed by atoms with van der Waals surface area (Å²) in [5, 5.41) is 0. The summed E-state index contributed by atoms with van der Waals surface area (Å²) in [4.78, 5) is 38.1. The maximum Gasteiger partial charge on any atom is 0.306 e. The molecule has 0 aliphatic rings. The Morgan fingerprint density at radius 2 is 0.487 bits per heavy atom. The van der Waals surface area contributed by atoms with Gasteiger partial charge in [-0.3, -0.25) is 14.4 Å². The first-order chi connectivity index (χ1) is 39.5. The first-order valence-corrected chi connectivity index (χ1v) is 32.8. The molecule has 0 bridgehead atoms. The summed E-state index contributed by atoms with van der Waals surface area (Å²) in [6.45, 7) is 6.37. The molecule has 0 aliphatic carbocycles. The molecule has 0 aromatic heterocycles. The van der Waals surface area contributed by atoms with E-state index in [0.29, 0.717) is 19.3 Å². The van der Waals surface area contributed by atoms with Crippen molar-refractivity contribution in [1.29, 1.82) is 0 Å². The van der Waals surface area contributed by atoms with Gasteiger partial charge < -0.3 is 14.2 Å². The van der Waals surface area contributed by atoms with Crippen molar-refractivity contribution in [3.05, 3.63) is 146 Å². The molecule has 1 atom stereocenters. The highest BCUT2D eigenvalue weighted by atomic mass is 16.6. The van der Waals surface area contributed by atoms with Crippen LogP contribution in [-0.2, 0) is 28.6 Å². The Labute approximate surface area is 493 Å². The van der Waals surface area contributed by atoms with Crippen molar-refractivity contribution in [2.45, 2.75) is 290 Å². The zero-order valence-corrected chi connectivity index (χ0v) is 51.8. The third-order valence-corrected chi connectivity index (χ3v) is 13.6. The Kier molecular flexibility index (Phi) is 62.9. The molecule has 6 heteroatoms. The van der Waals surface area contributed by atoms with Gasteiger partial charge in [0.05, 0.1) is 0 Å². The molecule has 452 valence electrons. The molecule has 0 rings (SSSR count). The zero-order chi connectivity index (χ0) is 57.8. The van der Waals surface area contributed by atoms with Crippen molar-refractivity contribution < 1.29 is 28.6 Å². The quantitative estimate of drug-likeness (QED) is 0.0261. The van der Waals surface area contributed by atoms with E-state index >= 15 is 0 Å². The third kappa shape index (κ3) is 64.1. The van der Waals surface area contributed by atoms with Gasteiger partial charge in [0.2, 0.25) is 0 Å². The second-order valence-electron chi connectivity index (χ2n) is 21.3. The lowest BCUT2D eigenvalue weighted by Crippen LogP contribution is -2.30. The van der Waals surface area contributed by atoms with Crippen LogP contribution in [0.2, 0.25) is 0 Å². The molecule has 0 aromatic rings. The lowest BCUT2D eigenvalue weighted by atomic mass is 10.1. The summed E-state index contributed by atoms with van der Waals surface area (Å²) >= 11 is 0. The van der Waals surface area contributed by atoms with Gasteiger partial charge in [-0.2, -0.15) is 0 Å². The van der Waals surface area contributed by atoms with Crippen molar-refractivity contribution in [3.63, 3.8) is 0 Å². The highest BCUT2D eigenvalue weighted by Gasteiger charge is 2.19. The fourth-order valence-electron chi connectivity index (χ4n) is 8.74. The van der Waals surface area contributed by atoms with E-state index in [0.717, 1.165) is 154 Å². The van der Waals surface area contributed by atoms with E-state index in [2.05, 4.69) is 167 Å². The fourth-order valence-corrected chi connectivity index (χ4v) is 8.74. The lowest BCUT2D eigenvalue weighted by molar-refractivity contribution is -0.167. The number of carbonyl (C=O) groups is 3. The number of esters is 3. The van der Waals surface area contributed by atoms with Gasteiger partial charge in [0, 0.05) is 19.3 Å². The molecule has 6 nitrogen and oxygen atoms in total. The topological polar surface area (TPSA) is 78.9 Å². The van der Waals surface area contributed by atoms with Gasteiger partial charge in [0.25, 0.3) is 0 Å². The maximum absolute atomic E-state index is 12.9. The highest BCUT2D eigenvalue weighted by Crippen LogP contribution is 2.15. The Morgan fingerprint density at radius 1 is 0.263 bits per heavy atom. The Balaban J connectivity index is 4.17. The summed E-state index contributed by atoms with van der Waals surface area (Å²) in [6.07, 6.45) is 95.9. The first-order valence-electron chi connectivity index (χ1n) is 32.8. The van der Waals surface area contributed by atoms with Crippen molar-refractivity contribution in [2.75, 3.05) is 13.2 Å². The summed E-state index contributed by atoms with van der Waals surface area (Å²) in [5.41, 5.74) is 0. The number of rotatable bonds is 58. The molecule has 0 heterocycles. The Morgan fingerprint density at radius 3 is 0.762 bits per heavy atom. The average molecular weight is 1110 g/mol. The number of unbranched alkanes of at least 4 members (excludes halogenated alkanes) is 23. The van der Waals surface area contributed by atoms with Gasteiger partial charge in [-0.1, -0.05) is 289 Å². The molecule has 0 radical (unpaired) electrons. The van der Waals surface area contributed by atoms with Crippen LogP contribution >= 0.6 is 0 Å². The standard InChI is InChI=1S/C74H120O6/c1-4-7-10-13-16-19-21-23-25-27-29-30-31-32-33-34-35-36-37-38-39-40-41-42-43-44-46-47-49-51-53-55-58-61-64-67-73(76)79-70-71(69-78-72(75)66-63-60-57-18-15-12-9-6-3)80-74(77)68-65-62-59-56-54-52-50-48-45-28-26-24-22-20-17-14-11-8-5-2/h7-8,10-11,16-17,19-20,23-26,29-30,32-33,35-36,38-39,41-42,45,48,71H,4-6,9,12-15,18,21-22,27-28,31,34,37,40,43-44,46-47,49-70H2,1-3H3/b10-7-,11-8-,19-16-,20-17-,25-23-,26-24-,30-29-,33-32-,36-35-,39-38-,42-41-,48-45-. The summed E-state index contributed by atoms with van der Waals surface area (Å²) in [5.74, 6) is -0.909. The molecule has 1 unspecified atom stereocenters. The van der Waals surface area contributed by atoms with E-state index < -0.39 is 6.10 Å². The summed E-state index contributed by atoms with van der Waals surface area (Å²) in [6, 6.07) is 0. The summed E-state index contributed by atoms with van der Waals surface area (Å²) < 4.78 is 16.8. The van der Waals surface area contributed by atoms with Crippen molar-refractivity contribution in [3.8, 4) is 0 Å². The van der Waals surface area contributed by atoms with Crippen LogP contribution in [0, 0.1) is 0 Å². The van der Waals surface area contributed by atoms with E-state index in [1.165, 1.54) is 89.9 Å². The molecule has 0 aromatic carbocycles. The Bertz CT molecular complexity index is 1750. The van der Waals surface area contributed by atoms with Crippen LogP contribution in [0.5, 0.6) is 0 Å². The first kappa shape index (κ1) is 75.3. The molecule has 0 fully saturated rings. The van der Waals surface area contributed by atoms with Gasteiger partial charge in [-0.05, 0) is 122 Å². The van der Waals surface area contributed by atoms with Crippen LogP contribution in [0.4, 0.5) is 0 Å². The minimum Gasteiger partial charge on any atom is -0.462 e. The summed E-state index contributed by atoms with van der Waals surface area (Å²) in [7, 11) is 0. The minimum absolute atomic E-state index is 0.0870. The smallest absolute Gasteiger partial charge is 0.306 e. The van der Waals surface area contributed by atoms with Gasteiger partial charge in [-0.15, -0.1) is 0 Å². The molecule has 0 aliphatic heterocycles. The van der Waals surface area contributed by atoms with Gasteiger partial charge >= 0.3 is 17.9 Å². The Hall–Kier alpha value is -4.71. The van der Waals surface area contributed by atoms with E-state index in [1.807, 2.05) is 0 Å². The maximum atomic E-state index is 12.9. The predicted molar refractivity (Wildman–Crippen MR) is 348 cm³/mol. The van der Waals surface area contributed by atoms with Crippen LogP contribution in [0.25, 0.3) is 0 Å². The fraction of sp³-hybridized carbons (Fsp3) is 0.635. The van der Waals surface area contributed by atoms with Crippen LogP contribution < -0.4 is 0 Å². The van der Waals surface area contributed by atoms with E-state index in [4.69, 9.17) is 14.2 Å². The van der Waals surface area contributed by atoms with Gasteiger partial charge in [-0.25, -0.2) is 0 Å². The molecule has 0 N–H and O–H groups in total. The minimum atomic E-state index is -0.790. The SMILES string of the molecule is CC/C=C\C/C=C\C/C=C\C/C=C\C/C=C\C/C=C\C/C=C\C/C=C\CCCCCCCCCCCCC(=O)OCC(COC(=O)CCCCCCCCCC)OC(=O)CCCCCCCC/C=C\C/C=C\C/C=C\C/C=C\CC. The molecule has 0 amide bonds. The zero-order valence-electron chi connectivity index (χ0n) is 51.8. The van der Waals surface area contributed by atoms with E-state index in [1.54, 1.807) is 0 Å². The van der Waals surface area contributed by atoms with E-state index in [9.17, 15) is 14.4 Å². The molecular weight excluding hydrogens is 985 g/mol.